The van der Waals surface area contributed by atoms with Gasteiger partial charge in [0.05, 0.1) is 14.2 Å². The summed E-state index contributed by atoms with van der Waals surface area (Å²) in [5.41, 5.74) is 1.22. The minimum atomic E-state index is -0.785. The van der Waals surface area contributed by atoms with Crippen LogP contribution in [-0.4, -0.2) is 30.4 Å². The van der Waals surface area contributed by atoms with Crippen molar-refractivity contribution in [2.75, 3.05) is 14.2 Å². The molecule has 0 atom stereocenters. The van der Waals surface area contributed by atoms with Crippen LogP contribution in [0.1, 0.15) is 11.5 Å². The Balaban J connectivity index is 1.63. The number of hydrogen-bond donors (Lipinski definition) is 0. The van der Waals surface area contributed by atoms with E-state index in [1.54, 1.807) is 62.8 Å². The van der Waals surface area contributed by atoms with Crippen LogP contribution in [0.5, 0.6) is 11.5 Å². The second kappa shape index (κ2) is 9.19. The Morgan fingerprint density at radius 1 is 1.03 bits per heavy atom. The highest BCUT2D eigenvalue weighted by Crippen LogP contribution is 2.21. The molecule has 0 radical (unpaired) electrons. The number of hydrogen-bond acceptors (Lipinski definition) is 8. The number of esters is 1. The summed E-state index contributed by atoms with van der Waals surface area (Å²) in [5.74, 6) is 0.994. The molecule has 3 rings (SSSR count). The summed E-state index contributed by atoms with van der Waals surface area (Å²) in [4.78, 5) is 12.2. The molecule has 8 heteroatoms. The van der Waals surface area contributed by atoms with E-state index in [1.165, 1.54) is 6.08 Å². The summed E-state index contributed by atoms with van der Waals surface area (Å²) < 4.78 is 20.8. The van der Waals surface area contributed by atoms with Crippen molar-refractivity contribution in [3.63, 3.8) is 0 Å². The minimum Gasteiger partial charge on any atom is -0.497 e. The molecular weight excluding hydrogens is 374 g/mol. The molecule has 0 fully saturated rings. The van der Waals surface area contributed by atoms with Gasteiger partial charge in [-0.05, 0) is 48.0 Å². The van der Waals surface area contributed by atoms with Crippen LogP contribution in [0.25, 0.3) is 17.5 Å². The maximum Gasteiger partial charge on any atom is 0.349 e. The molecule has 0 saturated carbocycles. The maximum absolute atomic E-state index is 12.2. The number of rotatable bonds is 7. The molecule has 29 heavy (non-hydrogen) atoms. The standard InChI is InChI=1S/C21H17N3O5/c1-26-17-7-3-14(4-8-17)11-16(12-22)21(25)28-13-19-23-24-20(29-19)15-5-9-18(27-2)10-6-15/h3-11H,13H2,1-2H3/b16-11+. The van der Waals surface area contributed by atoms with Gasteiger partial charge in [-0.3, -0.25) is 0 Å². The van der Waals surface area contributed by atoms with Gasteiger partial charge in [0.15, 0.2) is 6.61 Å². The second-order valence-electron chi connectivity index (χ2n) is 5.75. The normalized spacial score (nSPS) is 10.9. The van der Waals surface area contributed by atoms with Gasteiger partial charge in [0.25, 0.3) is 5.89 Å². The zero-order valence-corrected chi connectivity index (χ0v) is 15.8. The van der Waals surface area contributed by atoms with Crippen molar-refractivity contribution in [3.8, 4) is 29.0 Å². The largest absolute Gasteiger partial charge is 0.497 e. The Hall–Kier alpha value is -4.12. The van der Waals surface area contributed by atoms with Crippen LogP contribution in [0.2, 0.25) is 0 Å². The van der Waals surface area contributed by atoms with E-state index in [-0.39, 0.29) is 24.0 Å². The van der Waals surface area contributed by atoms with Crippen LogP contribution >= 0.6 is 0 Å². The monoisotopic (exact) mass is 391 g/mol. The van der Waals surface area contributed by atoms with E-state index in [0.717, 1.165) is 0 Å². The topological polar surface area (TPSA) is 107 Å². The molecule has 0 unspecified atom stereocenters. The molecule has 0 amide bonds. The van der Waals surface area contributed by atoms with E-state index in [0.29, 0.717) is 22.6 Å². The lowest BCUT2D eigenvalue weighted by atomic mass is 10.1. The fourth-order valence-electron chi connectivity index (χ4n) is 2.37. The molecule has 2 aromatic carbocycles. The van der Waals surface area contributed by atoms with Gasteiger partial charge in [0.1, 0.15) is 23.1 Å². The predicted octanol–water partition coefficient (Wildman–Crippen LogP) is 3.40. The molecule has 146 valence electrons. The Labute approximate surface area is 167 Å². The zero-order valence-electron chi connectivity index (χ0n) is 15.8. The summed E-state index contributed by atoms with van der Waals surface area (Å²) in [6.45, 7) is -0.246. The maximum atomic E-state index is 12.2. The molecule has 0 aliphatic carbocycles. The van der Waals surface area contributed by atoms with Gasteiger partial charge >= 0.3 is 5.97 Å². The minimum absolute atomic E-state index is 0.117. The Morgan fingerprint density at radius 2 is 1.66 bits per heavy atom. The number of carbonyl (C=O) groups excluding carboxylic acids is 1. The number of carbonyl (C=O) groups is 1. The van der Waals surface area contributed by atoms with Gasteiger partial charge in [0, 0.05) is 5.56 Å². The number of benzene rings is 2. The molecule has 0 N–H and O–H groups in total. The van der Waals surface area contributed by atoms with E-state index >= 15 is 0 Å². The average molecular weight is 391 g/mol. The first-order valence-corrected chi connectivity index (χ1v) is 8.52. The van der Waals surface area contributed by atoms with Crippen LogP contribution in [0.4, 0.5) is 0 Å². The van der Waals surface area contributed by atoms with Crippen LogP contribution < -0.4 is 9.47 Å². The summed E-state index contributed by atoms with van der Waals surface area (Å²) in [7, 11) is 3.13. The molecule has 1 heterocycles. The summed E-state index contributed by atoms with van der Waals surface area (Å²) in [6, 6.07) is 15.8. The van der Waals surface area contributed by atoms with Crippen molar-refractivity contribution in [1.82, 2.24) is 10.2 Å². The molecule has 3 aromatic rings. The van der Waals surface area contributed by atoms with Crippen LogP contribution in [0.3, 0.4) is 0 Å². The number of methoxy groups -OCH3 is 2. The Bertz CT molecular complexity index is 1050. The average Bonchev–Trinajstić information content (AvgIpc) is 3.25. The highest BCUT2D eigenvalue weighted by Gasteiger charge is 2.14. The van der Waals surface area contributed by atoms with E-state index in [9.17, 15) is 10.1 Å². The fraction of sp³-hybridized carbons (Fsp3) is 0.143. The number of nitriles is 1. The van der Waals surface area contributed by atoms with Gasteiger partial charge < -0.3 is 18.6 Å². The molecular formula is C21H17N3O5. The summed E-state index contributed by atoms with van der Waals surface area (Å²) in [5, 5.41) is 17.0. The Kier molecular flexibility index (Phi) is 6.22. The van der Waals surface area contributed by atoms with Gasteiger partial charge in [-0.1, -0.05) is 12.1 Å². The first-order valence-electron chi connectivity index (χ1n) is 8.52. The molecule has 0 bridgehead atoms. The van der Waals surface area contributed by atoms with Gasteiger partial charge in [-0.15, -0.1) is 10.2 Å². The third-order valence-electron chi connectivity index (χ3n) is 3.90. The third kappa shape index (κ3) is 4.99. The van der Waals surface area contributed by atoms with Crippen molar-refractivity contribution in [1.29, 1.82) is 5.26 Å². The van der Waals surface area contributed by atoms with Gasteiger partial charge in [-0.25, -0.2) is 4.79 Å². The van der Waals surface area contributed by atoms with E-state index in [1.807, 2.05) is 6.07 Å². The quantitative estimate of drug-likeness (QED) is 0.343. The predicted molar refractivity (Wildman–Crippen MR) is 103 cm³/mol. The smallest absolute Gasteiger partial charge is 0.349 e. The summed E-state index contributed by atoms with van der Waals surface area (Å²) >= 11 is 0. The third-order valence-corrected chi connectivity index (χ3v) is 3.90. The fourth-order valence-corrected chi connectivity index (χ4v) is 2.37. The molecule has 0 saturated heterocycles. The second-order valence-corrected chi connectivity index (χ2v) is 5.75. The lowest BCUT2D eigenvalue weighted by Gasteiger charge is -2.02. The van der Waals surface area contributed by atoms with Crippen molar-refractivity contribution < 1.29 is 23.4 Å². The Morgan fingerprint density at radius 3 is 2.24 bits per heavy atom. The number of ether oxygens (including phenoxy) is 3. The summed E-state index contributed by atoms with van der Waals surface area (Å²) in [6.07, 6.45) is 1.43. The van der Waals surface area contributed by atoms with E-state index in [2.05, 4.69) is 10.2 Å². The van der Waals surface area contributed by atoms with Crippen LogP contribution in [0.15, 0.2) is 58.5 Å². The van der Waals surface area contributed by atoms with Crippen molar-refractivity contribution in [2.45, 2.75) is 6.61 Å². The lowest BCUT2D eigenvalue weighted by molar-refractivity contribution is -0.140. The first kappa shape index (κ1) is 19.6. The SMILES string of the molecule is COc1ccc(/C=C(\C#N)C(=O)OCc2nnc(-c3ccc(OC)cc3)o2)cc1. The molecule has 8 nitrogen and oxygen atoms in total. The first-order chi connectivity index (χ1) is 14.1. The number of aromatic nitrogens is 2. The van der Waals surface area contributed by atoms with E-state index in [4.69, 9.17) is 18.6 Å². The van der Waals surface area contributed by atoms with Crippen LogP contribution in [-0.2, 0) is 16.1 Å². The molecule has 0 spiro atoms. The van der Waals surface area contributed by atoms with Crippen molar-refractivity contribution in [3.05, 3.63) is 65.6 Å². The van der Waals surface area contributed by atoms with Crippen LogP contribution in [0, 0.1) is 11.3 Å². The molecule has 0 aliphatic rings. The zero-order chi connectivity index (χ0) is 20.6. The highest BCUT2D eigenvalue weighted by molar-refractivity contribution is 5.97. The lowest BCUT2D eigenvalue weighted by Crippen LogP contribution is -2.07. The van der Waals surface area contributed by atoms with Gasteiger partial charge in [-0.2, -0.15) is 5.26 Å². The van der Waals surface area contributed by atoms with Gasteiger partial charge in [0.2, 0.25) is 5.89 Å². The van der Waals surface area contributed by atoms with E-state index < -0.39 is 5.97 Å². The molecule has 0 aliphatic heterocycles. The highest BCUT2D eigenvalue weighted by atomic mass is 16.5. The van der Waals surface area contributed by atoms with Crippen molar-refractivity contribution in [2.24, 2.45) is 0 Å². The van der Waals surface area contributed by atoms with Crippen molar-refractivity contribution >= 4 is 12.0 Å². The molecule has 1 aromatic heterocycles. The number of nitrogens with zero attached hydrogens (tertiary/aromatic N) is 3.